The first-order chi connectivity index (χ1) is 5.92. The summed E-state index contributed by atoms with van der Waals surface area (Å²) in [5.41, 5.74) is 6.40. The monoisotopic (exact) mass is 184 g/mol. The molecular formula is C11H24N2. The van der Waals surface area contributed by atoms with Crippen LogP contribution in [0.3, 0.4) is 0 Å². The Labute approximate surface area is 82.5 Å². The highest BCUT2D eigenvalue weighted by Crippen LogP contribution is 2.29. The molecule has 1 rings (SSSR count). The summed E-state index contributed by atoms with van der Waals surface area (Å²) in [6, 6.07) is 0.813. The van der Waals surface area contributed by atoms with Gasteiger partial charge in [0.05, 0.1) is 0 Å². The number of hydrogen-bond acceptors (Lipinski definition) is 2. The zero-order valence-electron chi connectivity index (χ0n) is 9.51. The fourth-order valence-electron chi connectivity index (χ4n) is 2.15. The van der Waals surface area contributed by atoms with Crippen LogP contribution in [-0.2, 0) is 0 Å². The van der Waals surface area contributed by atoms with Gasteiger partial charge in [0, 0.05) is 18.6 Å². The Morgan fingerprint density at radius 1 is 1.31 bits per heavy atom. The maximum absolute atomic E-state index is 5.91. The number of likely N-dealkylation sites (tertiary alicyclic amines) is 1. The quantitative estimate of drug-likeness (QED) is 0.709. The molecule has 0 aromatic carbocycles. The molecule has 0 aromatic heterocycles. The molecule has 0 saturated carbocycles. The molecule has 1 aliphatic rings. The second-order valence-electron chi connectivity index (χ2n) is 5.34. The zero-order chi connectivity index (χ0) is 10.1. The predicted molar refractivity (Wildman–Crippen MR) is 57.7 cm³/mol. The van der Waals surface area contributed by atoms with Gasteiger partial charge < -0.3 is 5.73 Å². The lowest BCUT2D eigenvalue weighted by molar-refractivity contribution is 0.0766. The fourth-order valence-corrected chi connectivity index (χ4v) is 2.15. The molecule has 0 spiro atoms. The summed E-state index contributed by atoms with van der Waals surface area (Å²) in [6.45, 7) is 11.5. The molecule has 2 atom stereocenters. The Bertz CT molecular complexity index is 163. The van der Waals surface area contributed by atoms with Gasteiger partial charge in [0.15, 0.2) is 0 Å². The van der Waals surface area contributed by atoms with Crippen molar-refractivity contribution < 1.29 is 0 Å². The third-order valence-electron chi connectivity index (χ3n) is 3.27. The second-order valence-corrected chi connectivity index (χ2v) is 5.34. The first kappa shape index (κ1) is 11.0. The summed E-state index contributed by atoms with van der Waals surface area (Å²) < 4.78 is 0. The highest BCUT2D eigenvalue weighted by molar-refractivity contribution is 4.84. The van der Waals surface area contributed by atoms with E-state index in [4.69, 9.17) is 5.73 Å². The topological polar surface area (TPSA) is 29.3 Å². The average molecular weight is 184 g/mol. The molecule has 0 aromatic rings. The van der Waals surface area contributed by atoms with E-state index in [1.165, 1.54) is 25.9 Å². The number of nitrogens with two attached hydrogens (primary N) is 1. The van der Waals surface area contributed by atoms with E-state index in [1.54, 1.807) is 0 Å². The van der Waals surface area contributed by atoms with Crippen LogP contribution in [0.25, 0.3) is 0 Å². The summed E-state index contributed by atoms with van der Waals surface area (Å²) >= 11 is 0. The third-order valence-corrected chi connectivity index (χ3v) is 3.27. The standard InChI is InChI=1S/C11H24N2/c1-9(12)10(2)13-7-5-6-11(3,4)8-13/h9-10H,5-8,12H2,1-4H3. The van der Waals surface area contributed by atoms with E-state index >= 15 is 0 Å². The fraction of sp³-hybridized carbons (Fsp3) is 1.00. The van der Waals surface area contributed by atoms with Gasteiger partial charge in [0.1, 0.15) is 0 Å². The van der Waals surface area contributed by atoms with E-state index in [-0.39, 0.29) is 6.04 Å². The lowest BCUT2D eigenvalue weighted by atomic mass is 9.83. The first-order valence-corrected chi connectivity index (χ1v) is 5.42. The van der Waals surface area contributed by atoms with Crippen molar-refractivity contribution in [3.05, 3.63) is 0 Å². The van der Waals surface area contributed by atoms with E-state index in [0.29, 0.717) is 11.5 Å². The predicted octanol–water partition coefficient (Wildman–Crippen LogP) is 1.84. The number of nitrogens with zero attached hydrogens (tertiary/aromatic N) is 1. The molecule has 0 radical (unpaired) electrons. The minimum Gasteiger partial charge on any atom is -0.327 e. The van der Waals surface area contributed by atoms with E-state index in [0.717, 1.165) is 0 Å². The van der Waals surface area contributed by atoms with Crippen molar-refractivity contribution in [2.75, 3.05) is 13.1 Å². The molecule has 0 amide bonds. The molecule has 2 N–H and O–H groups in total. The van der Waals surface area contributed by atoms with Crippen molar-refractivity contribution in [1.82, 2.24) is 4.90 Å². The van der Waals surface area contributed by atoms with Gasteiger partial charge in [-0.15, -0.1) is 0 Å². The molecule has 2 nitrogen and oxygen atoms in total. The molecule has 2 heteroatoms. The number of rotatable bonds is 2. The third kappa shape index (κ3) is 2.96. The molecule has 1 aliphatic heterocycles. The molecule has 78 valence electrons. The van der Waals surface area contributed by atoms with Crippen LogP contribution >= 0.6 is 0 Å². The van der Waals surface area contributed by atoms with Crippen LogP contribution in [0.1, 0.15) is 40.5 Å². The molecule has 0 bridgehead atoms. The van der Waals surface area contributed by atoms with Crippen LogP contribution in [0.4, 0.5) is 0 Å². The Morgan fingerprint density at radius 3 is 2.38 bits per heavy atom. The van der Waals surface area contributed by atoms with Crippen molar-refractivity contribution in [3.8, 4) is 0 Å². The van der Waals surface area contributed by atoms with Gasteiger partial charge in [0.2, 0.25) is 0 Å². The van der Waals surface area contributed by atoms with Crippen LogP contribution in [0.2, 0.25) is 0 Å². The Kier molecular flexibility index (Phi) is 3.36. The molecule has 1 fully saturated rings. The Morgan fingerprint density at radius 2 is 1.92 bits per heavy atom. The highest BCUT2D eigenvalue weighted by atomic mass is 15.2. The van der Waals surface area contributed by atoms with Crippen molar-refractivity contribution in [1.29, 1.82) is 0 Å². The number of piperidine rings is 1. The minimum atomic E-state index is 0.286. The smallest absolute Gasteiger partial charge is 0.0216 e. The molecular weight excluding hydrogens is 160 g/mol. The second kappa shape index (κ2) is 3.97. The van der Waals surface area contributed by atoms with Crippen LogP contribution in [-0.4, -0.2) is 30.1 Å². The van der Waals surface area contributed by atoms with Crippen molar-refractivity contribution in [3.63, 3.8) is 0 Å². The van der Waals surface area contributed by atoms with Crippen LogP contribution in [0, 0.1) is 5.41 Å². The minimum absolute atomic E-state index is 0.286. The Hall–Kier alpha value is -0.0800. The molecule has 13 heavy (non-hydrogen) atoms. The van der Waals surface area contributed by atoms with Crippen LogP contribution in [0.15, 0.2) is 0 Å². The van der Waals surface area contributed by atoms with Crippen molar-refractivity contribution >= 4 is 0 Å². The molecule has 2 unspecified atom stereocenters. The summed E-state index contributed by atoms with van der Waals surface area (Å²) in [5, 5.41) is 0. The average Bonchev–Trinajstić information content (AvgIpc) is 2.01. The highest BCUT2D eigenvalue weighted by Gasteiger charge is 2.29. The maximum Gasteiger partial charge on any atom is 0.0216 e. The normalized spacial score (nSPS) is 28.4. The van der Waals surface area contributed by atoms with Crippen LogP contribution in [0.5, 0.6) is 0 Å². The summed E-state index contributed by atoms with van der Waals surface area (Å²) in [6.07, 6.45) is 2.68. The van der Waals surface area contributed by atoms with Gasteiger partial charge in [-0.25, -0.2) is 0 Å². The molecule has 0 aliphatic carbocycles. The van der Waals surface area contributed by atoms with E-state index in [2.05, 4.69) is 32.6 Å². The van der Waals surface area contributed by atoms with Gasteiger partial charge in [-0.3, -0.25) is 4.90 Å². The van der Waals surface area contributed by atoms with Gasteiger partial charge >= 0.3 is 0 Å². The zero-order valence-corrected chi connectivity index (χ0v) is 9.51. The molecule has 1 heterocycles. The van der Waals surface area contributed by atoms with Gasteiger partial charge in [-0.05, 0) is 38.6 Å². The largest absolute Gasteiger partial charge is 0.327 e. The summed E-state index contributed by atoms with van der Waals surface area (Å²) in [4.78, 5) is 2.54. The van der Waals surface area contributed by atoms with E-state index in [1.807, 2.05) is 0 Å². The summed E-state index contributed by atoms with van der Waals surface area (Å²) in [7, 11) is 0. The van der Waals surface area contributed by atoms with Gasteiger partial charge in [-0.1, -0.05) is 13.8 Å². The SMILES string of the molecule is CC(N)C(C)N1CCCC(C)(C)C1. The van der Waals surface area contributed by atoms with Gasteiger partial charge in [-0.2, -0.15) is 0 Å². The Balaban J connectivity index is 2.51. The van der Waals surface area contributed by atoms with Gasteiger partial charge in [0.25, 0.3) is 0 Å². The molecule has 1 saturated heterocycles. The first-order valence-electron chi connectivity index (χ1n) is 5.42. The van der Waals surface area contributed by atoms with Crippen molar-refractivity contribution in [2.45, 2.75) is 52.6 Å². The lowest BCUT2D eigenvalue weighted by Crippen LogP contribution is -2.50. The summed E-state index contributed by atoms with van der Waals surface area (Å²) in [5.74, 6) is 0. The maximum atomic E-state index is 5.91. The van der Waals surface area contributed by atoms with E-state index < -0.39 is 0 Å². The van der Waals surface area contributed by atoms with Crippen LogP contribution < -0.4 is 5.73 Å². The van der Waals surface area contributed by atoms with Crippen molar-refractivity contribution in [2.24, 2.45) is 11.1 Å². The number of hydrogen-bond donors (Lipinski definition) is 1. The lowest BCUT2D eigenvalue weighted by Gasteiger charge is -2.42. The van der Waals surface area contributed by atoms with E-state index in [9.17, 15) is 0 Å².